The second kappa shape index (κ2) is 14.4. The molecule has 272 valence electrons. The van der Waals surface area contributed by atoms with E-state index in [1.165, 1.54) is 23.5 Å². The number of carboxylic acids is 1. The summed E-state index contributed by atoms with van der Waals surface area (Å²) in [5.74, 6) is -1.45. The van der Waals surface area contributed by atoms with Gasteiger partial charge in [-0.3, -0.25) is 9.59 Å². The van der Waals surface area contributed by atoms with E-state index in [2.05, 4.69) is 22.5 Å². The van der Waals surface area contributed by atoms with E-state index < -0.39 is 53.0 Å². The number of fused-ring (bicyclic) bond motifs is 1. The highest BCUT2D eigenvalue weighted by atomic mass is 16.5. The van der Waals surface area contributed by atoms with Gasteiger partial charge < -0.3 is 39.8 Å². The zero-order chi connectivity index (χ0) is 37.2. The molecule has 3 heterocycles. The van der Waals surface area contributed by atoms with Crippen molar-refractivity contribution in [2.45, 2.75) is 57.3 Å². The van der Waals surface area contributed by atoms with Crippen LogP contribution in [0.2, 0.25) is 0 Å². The molecule has 2 aliphatic rings. The van der Waals surface area contributed by atoms with Crippen LogP contribution in [0.25, 0.3) is 22.2 Å². The summed E-state index contributed by atoms with van der Waals surface area (Å²) in [5, 5.41) is 19.3. The molecule has 13 nitrogen and oxygen atoms in total. The lowest BCUT2D eigenvalue weighted by Crippen LogP contribution is -2.58. The molecule has 1 aliphatic heterocycles. The number of nitrogens with one attached hydrogen (secondary N) is 3. The van der Waals surface area contributed by atoms with E-state index in [9.17, 15) is 24.3 Å². The van der Waals surface area contributed by atoms with Crippen molar-refractivity contribution < 1.29 is 38.2 Å². The second-order valence-corrected chi connectivity index (χ2v) is 14.3. The van der Waals surface area contributed by atoms with Crippen LogP contribution in [0.15, 0.2) is 90.3 Å². The molecule has 4 amide bonds. The van der Waals surface area contributed by atoms with E-state index in [0.29, 0.717) is 33.7 Å². The molecule has 1 saturated carbocycles. The molecule has 13 heteroatoms. The van der Waals surface area contributed by atoms with Crippen molar-refractivity contribution in [3.8, 4) is 22.8 Å². The molecule has 0 radical (unpaired) electrons. The minimum absolute atomic E-state index is 0.0216. The van der Waals surface area contributed by atoms with E-state index >= 15 is 0 Å². The SMILES string of the molecule is C=CC1CC1(NC(=O)C1CC(Oc2cc(-c3ccccc3)nc3cc(OC)ccc23)CN1C(=O)NC(CNC(=O)c1ccoc1)C(C)(C)C)C(=O)O. The monoisotopic (exact) mass is 709 g/mol. The van der Waals surface area contributed by atoms with Crippen LogP contribution in [0.5, 0.6) is 11.5 Å². The van der Waals surface area contributed by atoms with Crippen LogP contribution < -0.4 is 25.4 Å². The number of carboxylic acid groups (broad SMARTS) is 1. The van der Waals surface area contributed by atoms with Gasteiger partial charge in [0.25, 0.3) is 5.91 Å². The fourth-order valence-corrected chi connectivity index (χ4v) is 6.51. The summed E-state index contributed by atoms with van der Waals surface area (Å²) in [6.07, 6.45) is 3.89. The number of nitrogens with zero attached hydrogens (tertiary/aromatic N) is 2. The number of hydrogen-bond donors (Lipinski definition) is 4. The Morgan fingerprint density at radius 3 is 2.54 bits per heavy atom. The number of methoxy groups -OCH3 is 1. The molecule has 5 atom stereocenters. The van der Waals surface area contributed by atoms with Crippen molar-refractivity contribution >= 4 is 34.7 Å². The van der Waals surface area contributed by atoms with Crippen molar-refractivity contribution in [1.82, 2.24) is 25.8 Å². The summed E-state index contributed by atoms with van der Waals surface area (Å²) < 4.78 is 17.1. The van der Waals surface area contributed by atoms with Gasteiger partial charge in [0.05, 0.1) is 42.7 Å². The molecule has 5 unspecified atom stereocenters. The Hall–Kier alpha value is -5.85. The fraction of sp³-hybridized carbons (Fsp3) is 0.359. The van der Waals surface area contributed by atoms with Crippen LogP contribution in [-0.2, 0) is 9.59 Å². The third-order valence-electron chi connectivity index (χ3n) is 9.79. The first-order valence-corrected chi connectivity index (χ1v) is 17.1. The molecule has 4 N–H and O–H groups in total. The first kappa shape index (κ1) is 36.0. The van der Waals surface area contributed by atoms with Gasteiger partial charge in [-0.25, -0.2) is 14.6 Å². The second-order valence-electron chi connectivity index (χ2n) is 14.3. The number of urea groups is 1. The summed E-state index contributed by atoms with van der Waals surface area (Å²) in [7, 11) is 1.58. The van der Waals surface area contributed by atoms with Crippen LogP contribution in [0, 0.1) is 11.3 Å². The molecule has 52 heavy (non-hydrogen) atoms. The number of aromatic nitrogens is 1. The quantitative estimate of drug-likeness (QED) is 0.147. The van der Waals surface area contributed by atoms with Gasteiger partial charge in [-0.05, 0) is 30.0 Å². The molecular formula is C39H43N5O8. The molecule has 2 fully saturated rings. The molecule has 6 rings (SSSR count). The largest absolute Gasteiger partial charge is 0.497 e. The molecule has 2 aromatic heterocycles. The Bertz CT molecular complexity index is 1980. The standard InChI is InChI=1S/C39H43N5O8/c1-6-25-19-39(25,36(47)48)43-35(46)31-17-27(21-44(31)37(49)42-33(38(2,3)4)20-40-34(45)24-14-15-51-22-24)52-32-18-29(23-10-8-7-9-11-23)41-30-16-26(50-5)12-13-28(30)32/h6-16,18,22,25,27,31,33H,1,17,19-21H2,2-5H3,(H,40,45)(H,42,49)(H,43,46)(H,47,48). The highest BCUT2D eigenvalue weighted by Gasteiger charge is 2.61. The van der Waals surface area contributed by atoms with E-state index in [1.54, 1.807) is 19.2 Å². The molecule has 4 aromatic rings. The van der Waals surface area contributed by atoms with Gasteiger partial charge in [-0.1, -0.05) is 57.2 Å². The molecule has 0 bridgehead atoms. The summed E-state index contributed by atoms with van der Waals surface area (Å²) in [6, 6.07) is 16.3. The number of ether oxygens (including phenoxy) is 2. The van der Waals surface area contributed by atoms with Gasteiger partial charge in [0.15, 0.2) is 0 Å². The predicted octanol–water partition coefficient (Wildman–Crippen LogP) is 5.02. The van der Waals surface area contributed by atoms with E-state index in [0.717, 1.165) is 5.56 Å². The van der Waals surface area contributed by atoms with Crippen LogP contribution in [0.3, 0.4) is 0 Å². The topological polar surface area (TPSA) is 172 Å². The van der Waals surface area contributed by atoms with E-state index in [-0.39, 0.29) is 31.8 Å². The van der Waals surface area contributed by atoms with Crippen molar-refractivity contribution in [1.29, 1.82) is 0 Å². The van der Waals surface area contributed by atoms with Gasteiger partial charge in [-0.15, -0.1) is 6.58 Å². The number of likely N-dealkylation sites (tertiary alicyclic amines) is 1. The minimum atomic E-state index is -1.49. The first-order chi connectivity index (χ1) is 24.8. The Kier molecular flexibility index (Phi) is 9.96. The lowest BCUT2D eigenvalue weighted by Gasteiger charge is -2.34. The molecule has 2 aromatic carbocycles. The number of carbonyl (C=O) groups is 4. The number of benzene rings is 2. The van der Waals surface area contributed by atoms with Crippen molar-refractivity contribution in [2.75, 3.05) is 20.2 Å². The molecule has 1 aliphatic carbocycles. The van der Waals surface area contributed by atoms with Gasteiger partial charge in [0.2, 0.25) is 5.91 Å². The number of pyridine rings is 1. The number of furan rings is 1. The smallest absolute Gasteiger partial charge is 0.330 e. The average Bonchev–Trinajstić information content (AvgIpc) is 3.42. The van der Waals surface area contributed by atoms with E-state index in [1.807, 2.05) is 69.3 Å². The van der Waals surface area contributed by atoms with Crippen molar-refractivity contribution in [2.24, 2.45) is 11.3 Å². The van der Waals surface area contributed by atoms with Gasteiger partial charge >= 0.3 is 12.0 Å². The highest BCUT2D eigenvalue weighted by molar-refractivity contribution is 5.95. The maximum atomic E-state index is 14.1. The van der Waals surface area contributed by atoms with Crippen molar-refractivity contribution in [3.63, 3.8) is 0 Å². The summed E-state index contributed by atoms with van der Waals surface area (Å²) in [5.41, 5.74) is 0.520. The Morgan fingerprint density at radius 1 is 1.13 bits per heavy atom. The van der Waals surface area contributed by atoms with Crippen LogP contribution in [0.1, 0.15) is 44.0 Å². The zero-order valence-electron chi connectivity index (χ0n) is 29.5. The number of aliphatic carboxylic acids is 1. The Balaban J connectivity index is 1.29. The van der Waals surface area contributed by atoms with Gasteiger partial charge in [0, 0.05) is 42.0 Å². The zero-order valence-corrected chi connectivity index (χ0v) is 29.5. The van der Waals surface area contributed by atoms with Crippen LogP contribution in [0.4, 0.5) is 4.79 Å². The van der Waals surface area contributed by atoms with Gasteiger partial charge in [0.1, 0.15) is 35.4 Å². The predicted molar refractivity (Wildman–Crippen MR) is 193 cm³/mol. The maximum Gasteiger partial charge on any atom is 0.330 e. The molecule has 0 spiro atoms. The van der Waals surface area contributed by atoms with Crippen LogP contribution in [-0.4, -0.2) is 82.7 Å². The van der Waals surface area contributed by atoms with E-state index in [4.69, 9.17) is 18.9 Å². The molecule has 1 saturated heterocycles. The third kappa shape index (κ3) is 7.43. The normalized spacial score (nSPS) is 21.5. The van der Waals surface area contributed by atoms with Gasteiger partial charge in [-0.2, -0.15) is 0 Å². The summed E-state index contributed by atoms with van der Waals surface area (Å²) in [6.45, 7) is 9.61. The number of rotatable bonds is 12. The first-order valence-electron chi connectivity index (χ1n) is 17.1. The number of carbonyl (C=O) groups excluding carboxylic acids is 3. The minimum Gasteiger partial charge on any atom is -0.497 e. The Labute approximate surface area is 301 Å². The summed E-state index contributed by atoms with van der Waals surface area (Å²) >= 11 is 0. The fourth-order valence-electron chi connectivity index (χ4n) is 6.51. The Morgan fingerprint density at radius 2 is 1.90 bits per heavy atom. The third-order valence-corrected chi connectivity index (χ3v) is 9.79. The molecular weight excluding hydrogens is 666 g/mol. The lowest BCUT2D eigenvalue weighted by atomic mass is 9.86. The summed E-state index contributed by atoms with van der Waals surface area (Å²) in [4.78, 5) is 59.3. The maximum absolute atomic E-state index is 14.1. The number of amides is 4. The average molecular weight is 710 g/mol. The van der Waals surface area contributed by atoms with Crippen LogP contribution >= 0.6 is 0 Å². The number of hydrogen-bond acceptors (Lipinski definition) is 8. The lowest BCUT2D eigenvalue weighted by molar-refractivity contribution is -0.144. The highest BCUT2D eigenvalue weighted by Crippen LogP contribution is 2.45. The van der Waals surface area contributed by atoms with Crippen molar-refractivity contribution in [3.05, 3.63) is 91.4 Å².